The van der Waals surface area contributed by atoms with Crippen LogP contribution < -0.4 is 0 Å². The Kier molecular flexibility index (Phi) is 6.47. The highest BCUT2D eigenvalue weighted by Gasteiger charge is 2.22. The van der Waals surface area contributed by atoms with Crippen molar-refractivity contribution < 1.29 is 13.2 Å². The van der Waals surface area contributed by atoms with E-state index in [0.717, 1.165) is 67.3 Å². The average molecular weight is 419 g/mol. The molecule has 0 amide bonds. The van der Waals surface area contributed by atoms with Crippen LogP contribution in [0.15, 0.2) is 54.6 Å². The summed E-state index contributed by atoms with van der Waals surface area (Å²) in [6.45, 7) is 2.14. The minimum absolute atomic E-state index is 0.0870. The van der Waals surface area contributed by atoms with Gasteiger partial charge in [0.05, 0.1) is 0 Å². The summed E-state index contributed by atoms with van der Waals surface area (Å²) in [7, 11) is 0. The molecule has 0 bridgehead atoms. The molecule has 3 heteroatoms. The molecule has 0 saturated carbocycles. The van der Waals surface area contributed by atoms with Gasteiger partial charge in [-0.05, 0) is 96.7 Å². The van der Waals surface area contributed by atoms with Crippen molar-refractivity contribution in [3.05, 3.63) is 105 Å². The van der Waals surface area contributed by atoms with Gasteiger partial charge in [0.1, 0.15) is 5.82 Å². The van der Waals surface area contributed by atoms with Crippen molar-refractivity contribution in [3.8, 4) is 11.8 Å². The van der Waals surface area contributed by atoms with E-state index in [1.165, 1.54) is 17.2 Å². The van der Waals surface area contributed by atoms with E-state index in [0.29, 0.717) is 5.56 Å². The molecule has 0 aromatic heterocycles. The van der Waals surface area contributed by atoms with Crippen molar-refractivity contribution in [3.63, 3.8) is 0 Å². The molecule has 0 aliphatic heterocycles. The topological polar surface area (TPSA) is 0 Å². The first kappa shape index (κ1) is 21.2. The SMILES string of the molecule is CCCCc1ccc(C2CCc3cc(C#Cc4ccc(F)c(F)c4)ccc3C2)c(F)c1. The van der Waals surface area contributed by atoms with Crippen molar-refractivity contribution in [2.75, 3.05) is 0 Å². The summed E-state index contributed by atoms with van der Waals surface area (Å²) in [5.41, 5.74) is 5.62. The van der Waals surface area contributed by atoms with Crippen LogP contribution in [-0.4, -0.2) is 0 Å². The van der Waals surface area contributed by atoms with Gasteiger partial charge < -0.3 is 0 Å². The summed E-state index contributed by atoms with van der Waals surface area (Å²) in [6.07, 6.45) is 5.70. The zero-order chi connectivity index (χ0) is 21.8. The number of fused-ring (bicyclic) bond motifs is 1. The molecule has 0 saturated heterocycles. The molecule has 1 aliphatic rings. The molecule has 3 aromatic carbocycles. The van der Waals surface area contributed by atoms with Crippen molar-refractivity contribution in [2.45, 2.75) is 51.4 Å². The average Bonchev–Trinajstić information content (AvgIpc) is 2.78. The van der Waals surface area contributed by atoms with Gasteiger partial charge in [0.2, 0.25) is 0 Å². The van der Waals surface area contributed by atoms with E-state index in [9.17, 15) is 13.2 Å². The second-order valence-corrected chi connectivity index (χ2v) is 8.26. The highest BCUT2D eigenvalue weighted by atomic mass is 19.2. The quantitative estimate of drug-likeness (QED) is 0.396. The van der Waals surface area contributed by atoms with Crippen molar-refractivity contribution in [1.82, 2.24) is 0 Å². The summed E-state index contributed by atoms with van der Waals surface area (Å²) < 4.78 is 41.1. The van der Waals surface area contributed by atoms with Gasteiger partial charge in [-0.25, -0.2) is 13.2 Å². The van der Waals surface area contributed by atoms with E-state index < -0.39 is 11.6 Å². The fourth-order valence-electron chi connectivity index (χ4n) is 4.25. The molecule has 0 spiro atoms. The van der Waals surface area contributed by atoms with Crippen molar-refractivity contribution in [2.24, 2.45) is 0 Å². The second-order valence-electron chi connectivity index (χ2n) is 8.26. The van der Waals surface area contributed by atoms with E-state index in [2.05, 4.69) is 37.0 Å². The molecule has 158 valence electrons. The Balaban J connectivity index is 1.49. The molecule has 0 N–H and O–H groups in total. The van der Waals surface area contributed by atoms with E-state index in [-0.39, 0.29) is 11.7 Å². The first-order valence-corrected chi connectivity index (χ1v) is 10.9. The predicted molar refractivity (Wildman–Crippen MR) is 119 cm³/mol. The smallest absolute Gasteiger partial charge is 0.160 e. The van der Waals surface area contributed by atoms with Crippen LogP contribution in [0.4, 0.5) is 13.2 Å². The lowest BCUT2D eigenvalue weighted by Gasteiger charge is -2.25. The van der Waals surface area contributed by atoms with E-state index >= 15 is 0 Å². The number of rotatable bonds is 4. The fraction of sp³-hybridized carbons (Fsp3) is 0.286. The summed E-state index contributed by atoms with van der Waals surface area (Å²) >= 11 is 0. The molecule has 1 atom stereocenters. The molecule has 1 unspecified atom stereocenters. The minimum atomic E-state index is -0.895. The van der Waals surface area contributed by atoms with Gasteiger partial charge in [0.25, 0.3) is 0 Å². The highest BCUT2D eigenvalue weighted by molar-refractivity contribution is 5.47. The summed E-state index contributed by atoms with van der Waals surface area (Å²) in [5, 5.41) is 0. The molecule has 0 nitrogen and oxygen atoms in total. The monoisotopic (exact) mass is 418 g/mol. The molecule has 3 aromatic rings. The Morgan fingerprint density at radius 2 is 1.58 bits per heavy atom. The van der Waals surface area contributed by atoms with Crippen LogP contribution in [0.5, 0.6) is 0 Å². The standard InChI is InChI=1S/C28H25F3/c1-2-3-4-19-8-13-25(27(30)16-19)24-12-11-22-15-20(7-10-23(22)18-24)5-6-21-9-14-26(29)28(31)17-21/h7-10,13-17,24H,2-4,11-12,18H2,1H3. The van der Waals surface area contributed by atoms with E-state index in [4.69, 9.17) is 0 Å². The van der Waals surface area contributed by atoms with E-state index in [1.807, 2.05) is 12.1 Å². The maximum absolute atomic E-state index is 14.7. The largest absolute Gasteiger partial charge is 0.207 e. The van der Waals surface area contributed by atoms with Crippen LogP contribution >= 0.6 is 0 Å². The third-order valence-corrected chi connectivity index (χ3v) is 6.03. The molecule has 1 aliphatic carbocycles. The minimum Gasteiger partial charge on any atom is -0.207 e. The van der Waals surface area contributed by atoms with Crippen molar-refractivity contribution >= 4 is 0 Å². The summed E-state index contributed by atoms with van der Waals surface area (Å²) in [5.74, 6) is 4.26. The Bertz CT molecular complexity index is 1150. The van der Waals surface area contributed by atoms with Crippen molar-refractivity contribution in [1.29, 1.82) is 0 Å². The lowest BCUT2D eigenvalue weighted by molar-refractivity contribution is 0.508. The van der Waals surface area contributed by atoms with Gasteiger partial charge in [0.15, 0.2) is 11.6 Å². The second kappa shape index (κ2) is 9.43. The van der Waals surface area contributed by atoms with Gasteiger partial charge >= 0.3 is 0 Å². The van der Waals surface area contributed by atoms with Crippen LogP contribution in [0.25, 0.3) is 0 Å². The number of benzene rings is 3. The third-order valence-electron chi connectivity index (χ3n) is 6.03. The lowest BCUT2D eigenvalue weighted by atomic mass is 9.79. The molecule has 0 fully saturated rings. The number of halogens is 3. The molecule has 0 heterocycles. The van der Waals surface area contributed by atoms with Gasteiger partial charge in [-0.3, -0.25) is 0 Å². The summed E-state index contributed by atoms with van der Waals surface area (Å²) in [4.78, 5) is 0. The Morgan fingerprint density at radius 1 is 0.806 bits per heavy atom. The highest BCUT2D eigenvalue weighted by Crippen LogP contribution is 2.34. The maximum atomic E-state index is 14.7. The zero-order valence-corrected chi connectivity index (χ0v) is 17.7. The number of unbranched alkanes of at least 4 members (excludes halogenated alkanes) is 1. The molecule has 0 radical (unpaired) electrons. The van der Waals surface area contributed by atoms with Gasteiger partial charge in [-0.2, -0.15) is 0 Å². The molecule has 4 rings (SSSR count). The van der Waals surface area contributed by atoms with Crippen LogP contribution in [-0.2, 0) is 19.3 Å². The molecular weight excluding hydrogens is 393 g/mol. The van der Waals surface area contributed by atoms with Gasteiger partial charge in [-0.15, -0.1) is 0 Å². The van der Waals surface area contributed by atoms with Crippen LogP contribution in [0, 0.1) is 29.3 Å². The van der Waals surface area contributed by atoms with E-state index in [1.54, 1.807) is 6.07 Å². The van der Waals surface area contributed by atoms with Crippen LogP contribution in [0.3, 0.4) is 0 Å². The number of hydrogen-bond acceptors (Lipinski definition) is 0. The Hall–Kier alpha value is -2.99. The Morgan fingerprint density at radius 3 is 2.32 bits per heavy atom. The van der Waals surface area contributed by atoms with Crippen LogP contribution in [0.2, 0.25) is 0 Å². The molecular formula is C28H25F3. The number of hydrogen-bond donors (Lipinski definition) is 0. The molecule has 31 heavy (non-hydrogen) atoms. The van der Waals surface area contributed by atoms with Gasteiger partial charge in [0, 0.05) is 11.1 Å². The fourth-order valence-corrected chi connectivity index (χ4v) is 4.25. The summed E-state index contributed by atoms with van der Waals surface area (Å²) in [6, 6.07) is 15.5. The van der Waals surface area contributed by atoms with Crippen LogP contribution in [0.1, 0.15) is 65.5 Å². The first-order chi connectivity index (χ1) is 15.0. The normalized spacial score (nSPS) is 15.2. The number of aryl methyl sites for hydroxylation is 2. The Labute approximate surface area is 182 Å². The lowest BCUT2D eigenvalue weighted by Crippen LogP contribution is -2.14. The predicted octanol–water partition coefficient (Wildman–Crippen LogP) is 7.12. The first-order valence-electron chi connectivity index (χ1n) is 10.9. The third kappa shape index (κ3) is 5.02. The van der Waals surface area contributed by atoms with Gasteiger partial charge in [-0.1, -0.05) is 43.4 Å². The zero-order valence-electron chi connectivity index (χ0n) is 17.7. The maximum Gasteiger partial charge on any atom is 0.160 e.